The second kappa shape index (κ2) is 5.84. The Morgan fingerprint density at radius 1 is 1.53 bits per heavy atom. The molecule has 0 spiro atoms. The molecule has 1 unspecified atom stereocenters. The minimum atomic E-state index is -0.162. The van der Waals surface area contributed by atoms with E-state index in [4.69, 9.17) is 4.74 Å². The molecule has 0 aromatic heterocycles. The van der Waals surface area contributed by atoms with Crippen molar-refractivity contribution in [1.29, 1.82) is 0 Å². The van der Waals surface area contributed by atoms with Gasteiger partial charge in [0.25, 0.3) is 0 Å². The quantitative estimate of drug-likeness (QED) is 0.451. The van der Waals surface area contributed by atoms with E-state index in [1.807, 2.05) is 26.0 Å². The SMILES string of the molecule is CCOc1cc(I)cc(C(=O)C(C)Br)c1. The lowest BCUT2D eigenvalue weighted by molar-refractivity contribution is 0.0995. The number of benzene rings is 1. The Bertz CT molecular complexity index is 364. The van der Waals surface area contributed by atoms with Crippen LogP contribution in [0.1, 0.15) is 24.2 Å². The van der Waals surface area contributed by atoms with Crippen LogP contribution in [-0.4, -0.2) is 17.2 Å². The van der Waals surface area contributed by atoms with Gasteiger partial charge in [-0.05, 0) is 54.6 Å². The highest BCUT2D eigenvalue weighted by Crippen LogP contribution is 2.21. The predicted octanol–water partition coefficient (Wildman–Crippen LogP) is 3.66. The van der Waals surface area contributed by atoms with Crippen LogP contribution in [0.15, 0.2) is 18.2 Å². The summed E-state index contributed by atoms with van der Waals surface area (Å²) >= 11 is 5.45. The second-order valence-electron chi connectivity index (χ2n) is 3.09. The van der Waals surface area contributed by atoms with E-state index in [0.29, 0.717) is 12.2 Å². The van der Waals surface area contributed by atoms with E-state index in [9.17, 15) is 4.79 Å². The van der Waals surface area contributed by atoms with E-state index < -0.39 is 0 Å². The molecule has 0 radical (unpaired) electrons. The number of rotatable bonds is 4. The number of ether oxygens (including phenoxy) is 1. The van der Waals surface area contributed by atoms with Gasteiger partial charge in [0, 0.05) is 9.13 Å². The highest BCUT2D eigenvalue weighted by atomic mass is 127. The fraction of sp³-hybridized carbons (Fsp3) is 0.364. The van der Waals surface area contributed by atoms with Gasteiger partial charge in [-0.1, -0.05) is 15.9 Å². The number of carbonyl (C=O) groups is 1. The molecular formula is C11H12BrIO2. The van der Waals surface area contributed by atoms with Gasteiger partial charge in [0.2, 0.25) is 0 Å². The molecule has 0 saturated heterocycles. The van der Waals surface area contributed by atoms with Crippen LogP contribution < -0.4 is 4.74 Å². The molecule has 2 nitrogen and oxygen atoms in total. The lowest BCUT2D eigenvalue weighted by Gasteiger charge is -2.08. The molecule has 1 rings (SSSR count). The van der Waals surface area contributed by atoms with Crippen molar-refractivity contribution < 1.29 is 9.53 Å². The highest BCUT2D eigenvalue weighted by Gasteiger charge is 2.13. The molecule has 1 aromatic carbocycles. The summed E-state index contributed by atoms with van der Waals surface area (Å²) < 4.78 is 6.39. The van der Waals surface area contributed by atoms with Gasteiger partial charge in [0.15, 0.2) is 5.78 Å². The molecule has 0 aliphatic carbocycles. The van der Waals surface area contributed by atoms with E-state index >= 15 is 0 Å². The zero-order chi connectivity index (χ0) is 11.4. The van der Waals surface area contributed by atoms with Gasteiger partial charge in [0.1, 0.15) is 5.75 Å². The molecule has 0 aliphatic heterocycles. The number of alkyl halides is 1. The van der Waals surface area contributed by atoms with Gasteiger partial charge in [-0.25, -0.2) is 0 Å². The van der Waals surface area contributed by atoms with Crippen LogP contribution in [0.3, 0.4) is 0 Å². The van der Waals surface area contributed by atoms with Crippen LogP contribution in [-0.2, 0) is 0 Å². The lowest BCUT2D eigenvalue weighted by atomic mass is 10.1. The molecule has 0 aliphatic rings. The van der Waals surface area contributed by atoms with Gasteiger partial charge in [-0.2, -0.15) is 0 Å². The molecule has 1 aromatic rings. The van der Waals surface area contributed by atoms with Gasteiger partial charge >= 0.3 is 0 Å². The summed E-state index contributed by atoms with van der Waals surface area (Å²) in [6.45, 7) is 4.36. The maximum absolute atomic E-state index is 11.7. The van der Waals surface area contributed by atoms with Crippen molar-refractivity contribution in [2.24, 2.45) is 0 Å². The van der Waals surface area contributed by atoms with Crippen molar-refractivity contribution in [1.82, 2.24) is 0 Å². The van der Waals surface area contributed by atoms with E-state index in [1.54, 1.807) is 6.07 Å². The second-order valence-corrected chi connectivity index (χ2v) is 5.71. The summed E-state index contributed by atoms with van der Waals surface area (Å²) in [5.41, 5.74) is 0.690. The Balaban J connectivity index is 3.03. The van der Waals surface area contributed by atoms with E-state index in [-0.39, 0.29) is 10.6 Å². The number of Topliss-reactive ketones (excluding diaryl/α,β-unsaturated/α-hetero) is 1. The molecule has 0 heterocycles. The van der Waals surface area contributed by atoms with E-state index in [0.717, 1.165) is 9.32 Å². The first-order valence-electron chi connectivity index (χ1n) is 4.66. The zero-order valence-corrected chi connectivity index (χ0v) is 12.3. The molecule has 15 heavy (non-hydrogen) atoms. The normalized spacial score (nSPS) is 12.3. The maximum atomic E-state index is 11.7. The minimum absolute atomic E-state index is 0.0782. The number of ketones is 1. The highest BCUT2D eigenvalue weighted by molar-refractivity contribution is 14.1. The summed E-state index contributed by atoms with van der Waals surface area (Å²) in [7, 11) is 0. The van der Waals surface area contributed by atoms with Crippen LogP contribution in [0.2, 0.25) is 0 Å². The maximum Gasteiger partial charge on any atom is 0.176 e. The summed E-state index contributed by atoms with van der Waals surface area (Å²) in [5, 5.41) is 0. The fourth-order valence-electron chi connectivity index (χ4n) is 1.18. The van der Waals surface area contributed by atoms with Crippen LogP contribution >= 0.6 is 38.5 Å². The summed E-state index contributed by atoms with van der Waals surface area (Å²) in [5.74, 6) is 0.829. The first kappa shape index (κ1) is 13.0. The summed E-state index contributed by atoms with van der Waals surface area (Å²) in [6, 6.07) is 5.56. The number of hydrogen-bond donors (Lipinski definition) is 0. The largest absolute Gasteiger partial charge is 0.494 e. The molecule has 82 valence electrons. The topological polar surface area (TPSA) is 26.3 Å². The average Bonchev–Trinajstić information content (AvgIpc) is 2.16. The van der Waals surface area contributed by atoms with Crippen molar-refractivity contribution in [3.63, 3.8) is 0 Å². The molecule has 1 atom stereocenters. The van der Waals surface area contributed by atoms with Crippen molar-refractivity contribution in [3.05, 3.63) is 27.3 Å². The van der Waals surface area contributed by atoms with Crippen LogP contribution in [0.25, 0.3) is 0 Å². The first-order chi connectivity index (χ1) is 7.04. The van der Waals surface area contributed by atoms with Crippen LogP contribution in [0.4, 0.5) is 0 Å². The average molecular weight is 383 g/mol. The van der Waals surface area contributed by atoms with E-state index in [1.165, 1.54) is 0 Å². The Morgan fingerprint density at radius 3 is 2.73 bits per heavy atom. The molecule has 0 fully saturated rings. The Morgan fingerprint density at radius 2 is 2.20 bits per heavy atom. The van der Waals surface area contributed by atoms with Gasteiger partial charge < -0.3 is 4.74 Å². The molecule has 0 bridgehead atoms. The minimum Gasteiger partial charge on any atom is -0.494 e. The Labute approximate surface area is 112 Å². The lowest BCUT2D eigenvalue weighted by Crippen LogP contribution is -2.10. The van der Waals surface area contributed by atoms with Crippen LogP contribution in [0.5, 0.6) is 5.75 Å². The van der Waals surface area contributed by atoms with Crippen molar-refractivity contribution in [3.8, 4) is 5.75 Å². The van der Waals surface area contributed by atoms with Crippen molar-refractivity contribution in [2.75, 3.05) is 6.61 Å². The Kier molecular flexibility index (Phi) is 5.05. The van der Waals surface area contributed by atoms with Gasteiger partial charge in [0.05, 0.1) is 11.4 Å². The molecule has 0 N–H and O–H groups in total. The van der Waals surface area contributed by atoms with Crippen molar-refractivity contribution >= 4 is 44.3 Å². The number of hydrogen-bond acceptors (Lipinski definition) is 2. The number of carbonyl (C=O) groups excluding carboxylic acids is 1. The summed E-state index contributed by atoms with van der Waals surface area (Å²) in [4.78, 5) is 11.6. The third-order valence-corrected chi connectivity index (χ3v) is 2.87. The fourth-order valence-corrected chi connectivity index (χ4v) is 2.09. The third-order valence-electron chi connectivity index (χ3n) is 1.83. The van der Waals surface area contributed by atoms with E-state index in [2.05, 4.69) is 38.5 Å². The van der Waals surface area contributed by atoms with Gasteiger partial charge in [-0.3, -0.25) is 4.79 Å². The van der Waals surface area contributed by atoms with Crippen molar-refractivity contribution in [2.45, 2.75) is 18.7 Å². The standard InChI is InChI=1S/C11H12BrIO2/c1-3-15-10-5-8(4-9(13)6-10)11(14)7(2)12/h4-7H,3H2,1-2H3. The summed E-state index contributed by atoms with van der Waals surface area (Å²) in [6.07, 6.45) is 0. The number of halogens is 2. The van der Waals surface area contributed by atoms with Crippen LogP contribution in [0, 0.1) is 3.57 Å². The molecular weight excluding hydrogens is 371 g/mol. The Hall–Kier alpha value is -0.100. The molecule has 4 heteroatoms. The first-order valence-corrected chi connectivity index (χ1v) is 6.65. The predicted molar refractivity (Wildman–Crippen MR) is 73.0 cm³/mol. The monoisotopic (exact) mass is 382 g/mol. The molecule has 0 amide bonds. The third kappa shape index (κ3) is 3.75. The smallest absolute Gasteiger partial charge is 0.176 e. The molecule has 0 saturated carbocycles. The van der Waals surface area contributed by atoms with Gasteiger partial charge in [-0.15, -0.1) is 0 Å². The zero-order valence-electron chi connectivity index (χ0n) is 8.59.